The van der Waals surface area contributed by atoms with Gasteiger partial charge in [-0.3, -0.25) is 0 Å². The highest BCUT2D eigenvalue weighted by molar-refractivity contribution is 7.74. The Labute approximate surface area is 148 Å². The van der Waals surface area contributed by atoms with Gasteiger partial charge >= 0.3 is 0 Å². The summed E-state index contributed by atoms with van der Waals surface area (Å²) in [6.45, 7) is 2.34. The van der Waals surface area contributed by atoms with E-state index in [0.717, 1.165) is 0 Å². The summed E-state index contributed by atoms with van der Waals surface area (Å²) in [5.41, 5.74) is 0. The van der Waals surface area contributed by atoms with Crippen LogP contribution in [0.3, 0.4) is 0 Å². The fraction of sp³-hybridized carbons (Fsp3) is 0.182. The monoisotopic (exact) mass is 350 g/mol. The van der Waals surface area contributed by atoms with Crippen LogP contribution in [0.5, 0.6) is 0 Å². The molecule has 1 atom stereocenters. The van der Waals surface area contributed by atoms with Crippen LogP contribution in [0.4, 0.5) is 0 Å². The van der Waals surface area contributed by atoms with Crippen molar-refractivity contribution in [1.82, 2.24) is 0 Å². The second-order valence-electron chi connectivity index (χ2n) is 5.74. The topological polar surface area (TPSA) is 0 Å². The number of benzene rings is 3. The SMILES string of the molecule is CCP(CCP(c1ccccc1)c1ccccc1)c1ccccc1. The zero-order valence-electron chi connectivity index (χ0n) is 14.2. The van der Waals surface area contributed by atoms with Crippen LogP contribution in [0.25, 0.3) is 0 Å². The van der Waals surface area contributed by atoms with Crippen molar-refractivity contribution in [3.8, 4) is 0 Å². The van der Waals surface area contributed by atoms with Crippen molar-refractivity contribution in [3.05, 3.63) is 91.0 Å². The lowest BCUT2D eigenvalue weighted by atomic mass is 10.4. The van der Waals surface area contributed by atoms with E-state index in [0.29, 0.717) is 0 Å². The third-order valence-corrected chi connectivity index (χ3v) is 9.65. The second-order valence-corrected chi connectivity index (χ2v) is 10.7. The minimum Gasteiger partial charge on any atom is -0.0752 e. The first-order valence-corrected chi connectivity index (χ1v) is 11.8. The normalized spacial score (nSPS) is 12.2. The van der Waals surface area contributed by atoms with Gasteiger partial charge in [0.05, 0.1) is 0 Å². The molecule has 2 heteroatoms. The summed E-state index contributed by atoms with van der Waals surface area (Å²) < 4.78 is 0. The molecule has 1 unspecified atom stereocenters. The Kier molecular flexibility index (Phi) is 6.59. The maximum Gasteiger partial charge on any atom is -0.0195 e. The van der Waals surface area contributed by atoms with Gasteiger partial charge in [0, 0.05) is 0 Å². The number of hydrogen-bond donors (Lipinski definition) is 0. The van der Waals surface area contributed by atoms with Gasteiger partial charge in [-0.25, -0.2) is 0 Å². The van der Waals surface area contributed by atoms with E-state index < -0.39 is 0 Å². The first kappa shape index (κ1) is 17.3. The highest BCUT2D eigenvalue weighted by atomic mass is 31.1. The van der Waals surface area contributed by atoms with E-state index in [1.807, 2.05) is 0 Å². The van der Waals surface area contributed by atoms with Gasteiger partial charge in [0.25, 0.3) is 0 Å². The molecule has 0 nitrogen and oxygen atoms in total. The van der Waals surface area contributed by atoms with Gasteiger partial charge < -0.3 is 0 Å². The van der Waals surface area contributed by atoms with Crippen molar-refractivity contribution in [3.63, 3.8) is 0 Å². The van der Waals surface area contributed by atoms with Crippen LogP contribution in [-0.4, -0.2) is 18.5 Å². The minimum absolute atomic E-state index is 0.0506. The zero-order valence-corrected chi connectivity index (χ0v) is 16.0. The molecule has 0 saturated carbocycles. The number of rotatable bonds is 7. The fourth-order valence-corrected chi connectivity index (χ4v) is 8.13. The molecule has 0 aliphatic carbocycles. The molecule has 0 aliphatic rings. The molecule has 3 aromatic rings. The standard InChI is InChI=1S/C22H24P2/c1-2-23(20-12-6-3-7-13-20)18-19-24(21-14-8-4-9-15-21)22-16-10-5-11-17-22/h3-17H,2,18-19H2,1H3. The van der Waals surface area contributed by atoms with Crippen LogP contribution in [0.15, 0.2) is 91.0 Å². The molecule has 3 aromatic carbocycles. The van der Waals surface area contributed by atoms with Gasteiger partial charge in [-0.1, -0.05) is 106 Å². The highest BCUT2D eigenvalue weighted by Gasteiger charge is 2.16. The van der Waals surface area contributed by atoms with E-state index in [9.17, 15) is 0 Å². The van der Waals surface area contributed by atoms with Crippen molar-refractivity contribution in [1.29, 1.82) is 0 Å². The van der Waals surface area contributed by atoms with E-state index >= 15 is 0 Å². The summed E-state index contributed by atoms with van der Waals surface area (Å²) in [5, 5.41) is 4.54. The molecule has 122 valence electrons. The van der Waals surface area contributed by atoms with Crippen LogP contribution in [0.1, 0.15) is 6.92 Å². The zero-order chi connectivity index (χ0) is 16.6. The van der Waals surface area contributed by atoms with Crippen molar-refractivity contribution < 1.29 is 0 Å². The van der Waals surface area contributed by atoms with Gasteiger partial charge in [-0.15, -0.1) is 0 Å². The van der Waals surface area contributed by atoms with Gasteiger partial charge in [-0.2, -0.15) is 0 Å². The van der Waals surface area contributed by atoms with Crippen LogP contribution in [0, 0.1) is 0 Å². The van der Waals surface area contributed by atoms with Gasteiger partial charge in [0.2, 0.25) is 0 Å². The third-order valence-electron chi connectivity index (χ3n) is 4.23. The van der Waals surface area contributed by atoms with E-state index in [4.69, 9.17) is 0 Å². The fourth-order valence-electron chi connectivity index (χ4n) is 2.95. The maximum atomic E-state index is 2.34. The summed E-state index contributed by atoms with van der Waals surface area (Å²) in [4.78, 5) is 0. The van der Waals surface area contributed by atoms with Crippen LogP contribution >= 0.6 is 15.8 Å². The maximum absolute atomic E-state index is 2.34. The van der Waals surface area contributed by atoms with Gasteiger partial charge in [0.1, 0.15) is 0 Å². The lowest BCUT2D eigenvalue weighted by Crippen LogP contribution is -2.16. The Morgan fingerprint density at radius 2 is 0.958 bits per heavy atom. The van der Waals surface area contributed by atoms with Crippen molar-refractivity contribution in [2.24, 2.45) is 0 Å². The van der Waals surface area contributed by atoms with Crippen molar-refractivity contribution >= 4 is 31.8 Å². The van der Waals surface area contributed by atoms with Crippen LogP contribution < -0.4 is 15.9 Å². The largest absolute Gasteiger partial charge is 0.0752 e. The third kappa shape index (κ3) is 4.54. The molecule has 0 bridgehead atoms. The van der Waals surface area contributed by atoms with E-state index in [1.54, 1.807) is 5.30 Å². The Bertz CT molecular complexity index is 671. The molecular weight excluding hydrogens is 326 g/mol. The molecular formula is C22H24P2. The van der Waals surface area contributed by atoms with Crippen molar-refractivity contribution in [2.45, 2.75) is 6.92 Å². The predicted octanol–water partition coefficient (Wildman–Crippen LogP) is 4.95. The Morgan fingerprint density at radius 3 is 1.38 bits per heavy atom. The molecule has 0 fully saturated rings. The van der Waals surface area contributed by atoms with E-state index in [2.05, 4.69) is 97.9 Å². The van der Waals surface area contributed by atoms with Crippen molar-refractivity contribution in [2.75, 3.05) is 18.5 Å². The first-order valence-electron chi connectivity index (χ1n) is 8.56. The van der Waals surface area contributed by atoms with Crippen LogP contribution in [0.2, 0.25) is 0 Å². The smallest absolute Gasteiger partial charge is 0.0195 e. The van der Waals surface area contributed by atoms with Gasteiger partial charge in [-0.05, 0) is 42.3 Å². The average molecular weight is 350 g/mol. The molecule has 24 heavy (non-hydrogen) atoms. The molecule has 0 radical (unpaired) electrons. The summed E-state index contributed by atoms with van der Waals surface area (Å²) in [7, 11) is -0.314. The van der Waals surface area contributed by atoms with E-state index in [-0.39, 0.29) is 15.8 Å². The minimum atomic E-state index is -0.263. The molecule has 0 N–H and O–H groups in total. The Hall–Kier alpha value is -1.48. The highest BCUT2D eigenvalue weighted by Crippen LogP contribution is 2.41. The Balaban J connectivity index is 1.80. The number of hydrogen-bond acceptors (Lipinski definition) is 0. The first-order chi connectivity index (χ1) is 11.9. The molecule has 0 heterocycles. The summed E-state index contributed by atoms with van der Waals surface area (Å²) in [5.74, 6) is 0. The molecule has 0 aromatic heterocycles. The second kappa shape index (κ2) is 9.12. The molecule has 3 rings (SSSR count). The predicted molar refractivity (Wildman–Crippen MR) is 112 cm³/mol. The summed E-state index contributed by atoms with van der Waals surface area (Å²) in [6, 6.07) is 33.2. The molecule has 0 aliphatic heterocycles. The Morgan fingerprint density at radius 1 is 0.542 bits per heavy atom. The summed E-state index contributed by atoms with van der Waals surface area (Å²) >= 11 is 0. The molecule has 0 amide bonds. The lowest BCUT2D eigenvalue weighted by molar-refractivity contribution is 1.42. The quantitative estimate of drug-likeness (QED) is 0.529. The molecule has 0 spiro atoms. The lowest BCUT2D eigenvalue weighted by Gasteiger charge is -2.22. The van der Waals surface area contributed by atoms with Crippen LogP contribution in [-0.2, 0) is 0 Å². The summed E-state index contributed by atoms with van der Waals surface area (Å²) in [6.07, 6.45) is 3.86. The van der Waals surface area contributed by atoms with Gasteiger partial charge in [0.15, 0.2) is 0 Å². The van der Waals surface area contributed by atoms with E-state index in [1.165, 1.54) is 29.1 Å². The average Bonchev–Trinajstić information content (AvgIpc) is 2.67. The molecule has 0 saturated heterocycles.